The number of aliphatic hydroxyl groups excluding tert-OH is 1. The molecule has 16 N–H and O–H groups in total. The first-order valence-electron chi connectivity index (χ1n) is 18.7. The van der Waals surface area contributed by atoms with Crippen molar-refractivity contribution >= 4 is 30.0 Å². The molecule has 5 aromatic rings. The molecule has 0 radical (unpaired) electrons. The summed E-state index contributed by atoms with van der Waals surface area (Å²) in [7, 11) is 0. The topological polar surface area (TPSA) is 464 Å². The Kier molecular flexibility index (Phi) is 10.4. The molecule has 0 spiro atoms. The van der Waals surface area contributed by atoms with Crippen LogP contribution in [-0.4, -0.2) is 143 Å². The predicted octanol–water partition coefficient (Wildman–Crippen LogP) is 1.70. The third kappa shape index (κ3) is 6.76. The lowest BCUT2D eigenvalue weighted by Gasteiger charge is -2.37. The molecular weight excluding hydrogens is 924 g/mol. The molecule has 0 fully saturated rings. The van der Waals surface area contributed by atoms with E-state index in [2.05, 4.69) is 0 Å². The van der Waals surface area contributed by atoms with Crippen LogP contribution in [0.5, 0.6) is 92.0 Å². The number of carbonyl (C=O) groups is 5. The Morgan fingerprint density at radius 1 is 0.471 bits per heavy atom. The van der Waals surface area contributed by atoms with Crippen LogP contribution in [0.15, 0.2) is 30.3 Å². The van der Waals surface area contributed by atoms with Crippen LogP contribution in [0, 0.1) is 0 Å². The van der Waals surface area contributed by atoms with Crippen LogP contribution in [0.25, 0.3) is 22.3 Å². The monoisotopic (exact) mass is 952 g/mol. The number of hydrogen-bond donors (Lipinski definition) is 16. The Morgan fingerprint density at radius 3 is 1.40 bits per heavy atom. The maximum atomic E-state index is 14.7. The van der Waals surface area contributed by atoms with E-state index in [1.165, 1.54) is 0 Å². The average Bonchev–Trinajstić information content (AvgIpc) is 3.43. The molecular formula is C41H28O27. The summed E-state index contributed by atoms with van der Waals surface area (Å²) in [6.45, 7) is -1.53. The molecule has 3 aliphatic heterocycles. The van der Waals surface area contributed by atoms with E-state index >= 15 is 0 Å². The van der Waals surface area contributed by atoms with Gasteiger partial charge < -0.3 is 110 Å². The molecule has 5 atom stereocenters. The largest absolute Gasteiger partial charge is 0.514 e. The fourth-order valence-electron chi connectivity index (χ4n) is 7.60. The third-order valence-corrected chi connectivity index (χ3v) is 10.8. The lowest BCUT2D eigenvalue weighted by atomic mass is 9.87. The van der Waals surface area contributed by atoms with E-state index in [9.17, 15) is 106 Å². The minimum absolute atomic E-state index is 0.316. The summed E-state index contributed by atoms with van der Waals surface area (Å²) in [4.78, 5) is 70.6. The van der Waals surface area contributed by atoms with Gasteiger partial charge in [-0.25, -0.2) is 24.0 Å². The van der Waals surface area contributed by atoms with E-state index in [-0.39, 0.29) is 0 Å². The predicted molar refractivity (Wildman–Crippen MR) is 209 cm³/mol. The van der Waals surface area contributed by atoms with Crippen molar-refractivity contribution in [3.05, 3.63) is 58.1 Å². The smallest absolute Gasteiger partial charge is 0.504 e. The Labute approximate surface area is 373 Å². The first-order valence-corrected chi connectivity index (χ1v) is 18.7. The van der Waals surface area contributed by atoms with Gasteiger partial charge in [-0.3, -0.25) is 0 Å². The average molecular weight is 953 g/mol. The van der Waals surface area contributed by atoms with Crippen LogP contribution in [0.4, 0.5) is 4.79 Å². The zero-order valence-corrected chi connectivity index (χ0v) is 33.1. The molecule has 3 heterocycles. The number of carbonyl (C=O) groups excluding carboxylic acids is 5. The van der Waals surface area contributed by atoms with Gasteiger partial charge in [-0.2, -0.15) is 0 Å². The number of hydrogen-bond acceptors (Lipinski definition) is 27. The van der Waals surface area contributed by atoms with Crippen LogP contribution in [0.2, 0.25) is 0 Å². The number of rotatable bonds is 3. The van der Waals surface area contributed by atoms with Gasteiger partial charge in [0.2, 0.25) is 23.0 Å². The maximum absolute atomic E-state index is 14.7. The molecule has 5 aromatic carbocycles. The molecule has 4 bridgehead atoms. The summed E-state index contributed by atoms with van der Waals surface area (Å²) < 4.78 is 32.6. The van der Waals surface area contributed by atoms with Crippen molar-refractivity contribution < 1.29 is 134 Å². The highest BCUT2D eigenvalue weighted by atomic mass is 16.7. The van der Waals surface area contributed by atoms with Gasteiger partial charge in [0.1, 0.15) is 12.7 Å². The standard InChI is InChI=1S/C41H28O27/c42-11-1-7(2-12(43)22(11)47)37(58)64-16-6-63-38(59)8-3-13(44)23(48)26(51)17(8)18-9(4-14(45)24(49)27(18)52)39(60)65-33(16)36-35-31(56)21-30(55)32(57)29(54)20(34(21)67-41(62)68-35)19-10(40(61)66-36)5-15(46)25(50)28(19)53/h1-5,16,31,33,35-36,42-57H,6H2. The number of cyclic esters (lactones) is 3. The number of fused-ring (bicyclic) bond motifs is 6. The number of aromatic hydroxyl groups is 15. The summed E-state index contributed by atoms with van der Waals surface area (Å²) in [5, 5.41) is 172. The number of ether oxygens (including phenoxy) is 6. The lowest BCUT2D eigenvalue weighted by Crippen LogP contribution is -2.54. The molecule has 0 saturated carbocycles. The Bertz CT molecular complexity index is 3080. The Hall–Kier alpha value is -9.79. The van der Waals surface area contributed by atoms with E-state index in [1.807, 2.05) is 0 Å². The summed E-state index contributed by atoms with van der Waals surface area (Å²) in [5.41, 5.74) is -10.2. The second-order valence-corrected chi connectivity index (χ2v) is 14.7. The van der Waals surface area contributed by atoms with E-state index in [0.29, 0.717) is 30.3 Å². The SMILES string of the molecule is O=C1Oc2c3c(O)c(O)c(O)c2C(O)C(O1)C(C1OC(=O)c2cc(O)c(O)c(O)c2-c2c(cc(O)c(O)c2O)C(=O)OCC1OC(=O)c1cc(O)c(O)c(O)c1)OC(=O)c1cc(O)c(O)c(O)c1-3. The number of esters is 4. The maximum Gasteiger partial charge on any atom is 0.514 e. The van der Waals surface area contributed by atoms with Crippen LogP contribution in [-0.2, 0) is 23.7 Å². The highest BCUT2D eigenvalue weighted by Crippen LogP contribution is 2.60. The molecule has 0 amide bonds. The molecule has 27 nitrogen and oxygen atoms in total. The van der Waals surface area contributed by atoms with Crippen LogP contribution < -0.4 is 4.74 Å². The van der Waals surface area contributed by atoms with E-state index < -0.39 is 209 Å². The van der Waals surface area contributed by atoms with Crippen molar-refractivity contribution in [1.29, 1.82) is 0 Å². The molecule has 0 aliphatic carbocycles. The van der Waals surface area contributed by atoms with Gasteiger partial charge in [-0.05, 0) is 30.3 Å². The quantitative estimate of drug-likeness (QED) is 0.0529. The highest BCUT2D eigenvalue weighted by molar-refractivity contribution is 6.09. The summed E-state index contributed by atoms with van der Waals surface area (Å²) in [6.07, 6.45) is -15.9. The minimum Gasteiger partial charge on any atom is -0.504 e. The first-order chi connectivity index (χ1) is 31.9. The number of benzene rings is 5. The third-order valence-electron chi connectivity index (χ3n) is 10.8. The number of phenols is 15. The van der Waals surface area contributed by atoms with Gasteiger partial charge >= 0.3 is 30.0 Å². The normalized spacial score (nSPS) is 19.8. The van der Waals surface area contributed by atoms with Gasteiger partial charge in [0.05, 0.1) is 33.4 Å². The van der Waals surface area contributed by atoms with Crippen LogP contribution in [0.3, 0.4) is 0 Å². The van der Waals surface area contributed by atoms with Crippen LogP contribution >= 0.6 is 0 Å². The van der Waals surface area contributed by atoms with Crippen LogP contribution in [0.1, 0.15) is 53.1 Å². The van der Waals surface area contributed by atoms with Gasteiger partial charge in [-0.15, -0.1) is 0 Å². The molecule has 354 valence electrons. The summed E-state index contributed by atoms with van der Waals surface area (Å²) >= 11 is 0. The second kappa shape index (κ2) is 15.7. The van der Waals surface area contributed by atoms with Gasteiger partial charge in [0, 0.05) is 16.7 Å². The highest BCUT2D eigenvalue weighted by Gasteiger charge is 2.53. The van der Waals surface area contributed by atoms with Crippen molar-refractivity contribution in [3.63, 3.8) is 0 Å². The van der Waals surface area contributed by atoms with Gasteiger partial charge in [-0.1, -0.05) is 0 Å². The summed E-state index contributed by atoms with van der Waals surface area (Å²) in [6, 6.07) is 2.08. The molecule has 3 aliphatic rings. The molecule has 27 heteroatoms. The zero-order valence-electron chi connectivity index (χ0n) is 33.1. The number of phenolic OH excluding ortho intramolecular Hbond substituents is 15. The molecule has 0 aromatic heterocycles. The van der Waals surface area contributed by atoms with E-state index in [0.717, 1.165) is 0 Å². The van der Waals surface area contributed by atoms with Crippen molar-refractivity contribution in [3.8, 4) is 114 Å². The number of aliphatic hydroxyl groups is 1. The lowest BCUT2D eigenvalue weighted by molar-refractivity contribution is -0.151. The summed E-state index contributed by atoms with van der Waals surface area (Å²) in [5.74, 6) is -29.5. The fraction of sp³-hybridized carbons (Fsp3) is 0.146. The molecule has 68 heavy (non-hydrogen) atoms. The first kappa shape index (κ1) is 44.8. The van der Waals surface area contributed by atoms with Crippen molar-refractivity contribution in [2.75, 3.05) is 6.61 Å². The molecule has 0 saturated heterocycles. The van der Waals surface area contributed by atoms with E-state index in [1.54, 1.807) is 0 Å². The Morgan fingerprint density at radius 2 is 0.897 bits per heavy atom. The van der Waals surface area contributed by atoms with Crippen molar-refractivity contribution in [1.82, 2.24) is 0 Å². The van der Waals surface area contributed by atoms with E-state index in [4.69, 9.17) is 28.4 Å². The molecule has 5 unspecified atom stereocenters. The fourth-order valence-corrected chi connectivity index (χ4v) is 7.60. The van der Waals surface area contributed by atoms with Gasteiger partial charge in [0.25, 0.3) is 0 Å². The van der Waals surface area contributed by atoms with Gasteiger partial charge in [0.15, 0.2) is 93.4 Å². The van der Waals surface area contributed by atoms with Crippen molar-refractivity contribution in [2.45, 2.75) is 30.5 Å². The second-order valence-electron chi connectivity index (χ2n) is 14.7. The molecule has 8 rings (SSSR count). The zero-order chi connectivity index (χ0) is 49.7. The minimum atomic E-state index is -2.87. The van der Waals surface area contributed by atoms with Crippen molar-refractivity contribution in [2.24, 2.45) is 0 Å². The Balaban J connectivity index is 1.43.